The van der Waals surface area contributed by atoms with Crippen LogP contribution >= 0.6 is 12.2 Å². The molecule has 1 atom stereocenters. The van der Waals surface area contributed by atoms with Gasteiger partial charge >= 0.3 is 0 Å². The monoisotopic (exact) mass is 300 g/mol. The summed E-state index contributed by atoms with van der Waals surface area (Å²) in [6.45, 7) is 1.66. The van der Waals surface area contributed by atoms with Crippen molar-refractivity contribution < 1.29 is 13.2 Å². The lowest BCUT2D eigenvalue weighted by Gasteiger charge is -2.12. The second-order valence-electron chi connectivity index (χ2n) is 4.44. The van der Waals surface area contributed by atoms with Crippen molar-refractivity contribution in [1.82, 2.24) is 4.72 Å². The highest BCUT2D eigenvalue weighted by molar-refractivity contribution is 7.89. The summed E-state index contributed by atoms with van der Waals surface area (Å²) in [5.41, 5.74) is 5.92. The molecule has 0 amide bonds. The molecule has 1 aromatic carbocycles. The molecule has 104 valence electrons. The Morgan fingerprint density at radius 3 is 2.84 bits per heavy atom. The lowest BCUT2D eigenvalue weighted by atomic mass is 10.1. The predicted octanol–water partition coefficient (Wildman–Crippen LogP) is 0.636. The molecular weight excluding hydrogens is 284 g/mol. The van der Waals surface area contributed by atoms with Gasteiger partial charge in [-0.15, -0.1) is 0 Å². The first-order valence-corrected chi connectivity index (χ1v) is 7.86. The molecular formula is C12H16N2O3S2. The van der Waals surface area contributed by atoms with Crippen LogP contribution in [0.3, 0.4) is 0 Å². The van der Waals surface area contributed by atoms with Crippen molar-refractivity contribution >= 4 is 27.2 Å². The van der Waals surface area contributed by atoms with Crippen molar-refractivity contribution in [3.05, 3.63) is 29.8 Å². The lowest BCUT2D eigenvalue weighted by molar-refractivity contribution is 0.186. The number of hydrogen-bond donors (Lipinski definition) is 2. The van der Waals surface area contributed by atoms with Gasteiger partial charge in [0.05, 0.1) is 11.5 Å². The minimum absolute atomic E-state index is 0.0742. The molecule has 1 unspecified atom stereocenters. The molecule has 0 radical (unpaired) electrons. The van der Waals surface area contributed by atoms with Gasteiger partial charge in [-0.05, 0) is 18.4 Å². The van der Waals surface area contributed by atoms with Gasteiger partial charge in [0.15, 0.2) is 0 Å². The van der Waals surface area contributed by atoms with Crippen LogP contribution in [-0.2, 0) is 14.8 Å². The summed E-state index contributed by atoms with van der Waals surface area (Å²) in [7, 11) is -3.60. The van der Waals surface area contributed by atoms with Crippen molar-refractivity contribution in [2.75, 3.05) is 19.8 Å². The maximum atomic E-state index is 12.2. The summed E-state index contributed by atoms with van der Waals surface area (Å²) >= 11 is 4.88. The van der Waals surface area contributed by atoms with Crippen LogP contribution in [0.25, 0.3) is 0 Å². The first kappa shape index (κ1) is 14.4. The fourth-order valence-corrected chi connectivity index (χ4v) is 3.53. The Labute approximate surface area is 118 Å². The molecule has 0 bridgehead atoms. The van der Waals surface area contributed by atoms with E-state index in [1.807, 2.05) is 0 Å². The summed E-state index contributed by atoms with van der Waals surface area (Å²) < 4.78 is 32.3. The summed E-state index contributed by atoms with van der Waals surface area (Å²) in [6, 6.07) is 6.46. The zero-order valence-electron chi connectivity index (χ0n) is 10.3. The summed E-state index contributed by atoms with van der Waals surface area (Å²) in [6.07, 6.45) is 0.874. The van der Waals surface area contributed by atoms with Crippen LogP contribution in [0.5, 0.6) is 0 Å². The third-order valence-electron chi connectivity index (χ3n) is 3.03. The molecule has 19 heavy (non-hydrogen) atoms. The van der Waals surface area contributed by atoms with Gasteiger partial charge in [0, 0.05) is 18.7 Å². The Balaban J connectivity index is 2.17. The number of thiocarbonyl (C=S) groups is 1. The molecule has 0 aromatic heterocycles. The van der Waals surface area contributed by atoms with Crippen LogP contribution in [0.4, 0.5) is 0 Å². The standard InChI is InChI=1S/C12H16N2O3S2/c13-12(18)10-3-1-2-4-11(10)19(15,16)14-7-9-5-6-17-8-9/h1-4,9,14H,5-8H2,(H2,13,18). The highest BCUT2D eigenvalue weighted by atomic mass is 32.2. The van der Waals surface area contributed by atoms with Crippen molar-refractivity contribution in [3.8, 4) is 0 Å². The second-order valence-corrected chi connectivity index (χ2v) is 6.62. The fourth-order valence-electron chi connectivity index (χ4n) is 1.95. The Hall–Kier alpha value is -1.02. The topological polar surface area (TPSA) is 81.4 Å². The zero-order valence-corrected chi connectivity index (χ0v) is 12.0. The van der Waals surface area contributed by atoms with E-state index in [-0.39, 0.29) is 15.8 Å². The molecule has 0 aliphatic carbocycles. The molecule has 7 heteroatoms. The Morgan fingerprint density at radius 2 is 2.21 bits per heavy atom. The maximum Gasteiger partial charge on any atom is 0.241 e. The van der Waals surface area contributed by atoms with E-state index < -0.39 is 10.0 Å². The molecule has 0 spiro atoms. The fraction of sp³-hybridized carbons (Fsp3) is 0.417. The minimum Gasteiger partial charge on any atom is -0.389 e. The molecule has 1 saturated heterocycles. The number of sulfonamides is 1. The summed E-state index contributed by atoms with van der Waals surface area (Å²) in [5, 5.41) is 0. The number of benzene rings is 1. The maximum absolute atomic E-state index is 12.2. The molecule has 1 fully saturated rings. The molecule has 1 aliphatic heterocycles. The van der Waals surface area contributed by atoms with Gasteiger partial charge in [-0.2, -0.15) is 0 Å². The van der Waals surface area contributed by atoms with Crippen LogP contribution in [0, 0.1) is 5.92 Å². The van der Waals surface area contributed by atoms with Crippen molar-refractivity contribution in [1.29, 1.82) is 0 Å². The van der Waals surface area contributed by atoms with Crippen LogP contribution in [0.2, 0.25) is 0 Å². The van der Waals surface area contributed by atoms with E-state index in [0.717, 1.165) is 6.42 Å². The molecule has 3 N–H and O–H groups in total. The number of hydrogen-bond acceptors (Lipinski definition) is 4. The Morgan fingerprint density at radius 1 is 1.47 bits per heavy atom. The molecule has 1 aromatic rings. The normalized spacial score (nSPS) is 19.5. The van der Waals surface area contributed by atoms with E-state index in [2.05, 4.69) is 4.72 Å². The first-order chi connectivity index (χ1) is 9.00. The van der Waals surface area contributed by atoms with Crippen molar-refractivity contribution in [2.45, 2.75) is 11.3 Å². The summed E-state index contributed by atoms with van der Waals surface area (Å²) in [4.78, 5) is 0.201. The van der Waals surface area contributed by atoms with Gasteiger partial charge in [0.1, 0.15) is 4.99 Å². The Bertz CT molecular complexity index is 566. The molecule has 1 heterocycles. The van der Waals surface area contributed by atoms with Crippen LogP contribution < -0.4 is 10.5 Å². The van der Waals surface area contributed by atoms with Crippen molar-refractivity contribution in [3.63, 3.8) is 0 Å². The highest BCUT2D eigenvalue weighted by Gasteiger charge is 2.22. The van der Waals surface area contributed by atoms with E-state index in [4.69, 9.17) is 22.7 Å². The third-order valence-corrected chi connectivity index (χ3v) is 4.73. The molecule has 2 rings (SSSR count). The van der Waals surface area contributed by atoms with Crippen molar-refractivity contribution in [2.24, 2.45) is 11.7 Å². The van der Waals surface area contributed by atoms with E-state index in [1.54, 1.807) is 18.2 Å². The largest absolute Gasteiger partial charge is 0.389 e. The predicted molar refractivity (Wildman–Crippen MR) is 76.4 cm³/mol. The highest BCUT2D eigenvalue weighted by Crippen LogP contribution is 2.17. The van der Waals surface area contributed by atoms with Gasteiger partial charge in [-0.3, -0.25) is 0 Å². The van der Waals surface area contributed by atoms with Gasteiger partial charge in [-0.25, -0.2) is 13.1 Å². The van der Waals surface area contributed by atoms with E-state index >= 15 is 0 Å². The third kappa shape index (κ3) is 3.50. The van der Waals surface area contributed by atoms with Gasteiger partial charge in [0.2, 0.25) is 10.0 Å². The quantitative estimate of drug-likeness (QED) is 0.780. The van der Waals surface area contributed by atoms with Gasteiger partial charge in [-0.1, -0.05) is 30.4 Å². The van der Waals surface area contributed by atoms with Gasteiger partial charge in [0.25, 0.3) is 0 Å². The number of nitrogens with one attached hydrogen (secondary N) is 1. The SMILES string of the molecule is NC(=S)c1ccccc1S(=O)(=O)NCC1CCOC1. The molecule has 5 nitrogen and oxygen atoms in total. The zero-order chi connectivity index (χ0) is 13.9. The minimum atomic E-state index is -3.60. The molecule has 1 aliphatic rings. The van der Waals surface area contributed by atoms with E-state index in [1.165, 1.54) is 6.07 Å². The van der Waals surface area contributed by atoms with Crippen LogP contribution in [0.1, 0.15) is 12.0 Å². The van der Waals surface area contributed by atoms with E-state index in [0.29, 0.717) is 25.3 Å². The average molecular weight is 300 g/mol. The summed E-state index contributed by atoms with van der Waals surface area (Å²) in [5.74, 6) is 0.228. The van der Waals surface area contributed by atoms with Gasteiger partial charge < -0.3 is 10.5 Å². The molecule has 0 saturated carbocycles. The average Bonchev–Trinajstić information content (AvgIpc) is 2.89. The number of nitrogens with two attached hydrogens (primary N) is 1. The Kier molecular flexibility index (Phi) is 4.51. The second kappa shape index (κ2) is 5.96. The van der Waals surface area contributed by atoms with Crippen LogP contribution in [-0.4, -0.2) is 33.2 Å². The number of ether oxygens (including phenoxy) is 1. The van der Waals surface area contributed by atoms with E-state index in [9.17, 15) is 8.42 Å². The smallest absolute Gasteiger partial charge is 0.241 e. The number of rotatable bonds is 5. The first-order valence-electron chi connectivity index (χ1n) is 5.97. The van der Waals surface area contributed by atoms with Crippen LogP contribution in [0.15, 0.2) is 29.2 Å². The lowest BCUT2D eigenvalue weighted by Crippen LogP contribution is -2.31.